The van der Waals surface area contributed by atoms with E-state index in [1.54, 1.807) is 6.26 Å². The van der Waals surface area contributed by atoms with Crippen LogP contribution in [0.15, 0.2) is 0 Å². The summed E-state index contributed by atoms with van der Waals surface area (Å²) in [6.07, 6.45) is 5.12. The van der Waals surface area contributed by atoms with Gasteiger partial charge in [0.15, 0.2) is 0 Å². The molecule has 1 saturated heterocycles. The Labute approximate surface area is 110 Å². The molecule has 2 rings (SSSR count). The standard InChI is InChI=1S/C12H17NO4S/c1-18-6-9(12(16)17)13-10(14)7-4-2-3-5-8(7)11(13)15/h7-9H,2-6H2,1H3,(H,16,17)/t7-,8-,9-/m1/s1. The number of carbonyl (C=O) groups excluding carboxylic acids is 2. The molecule has 1 saturated carbocycles. The van der Waals surface area contributed by atoms with Gasteiger partial charge in [0.1, 0.15) is 6.04 Å². The van der Waals surface area contributed by atoms with Gasteiger partial charge >= 0.3 is 5.97 Å². The van der Waals surface area contributed by atoms with Crippen molar-refractivity contribution in [1.82, 2.24) is 4.90 Å². The maximum atomic E-state index is 12.2. The van der Waals surface area contributed by atoms with E-state index in [-0.39, 0.29) is 29.4 Å². The first-order chi connectivity index (χ1) is 8.57. The van der Waals surface area contributed by atoms with Gasteiger partial charge in [-0.2, -0.15) is 11.8 Å². The SMILES string of the molecule is CSC[C@H](C(=O)O)N1C(=O)[C@@H]2CCCC[C@H]2C1=O. The van der Waals surface area contributed by atoms with Crippen molar-refractivity contribution >= 4 is 29.5 Å². The molecule has 6 heteroatoms. The Morgan fingerprint density at radius 2 is 1.83 bits per heavy atom. The number of amides is 2. The maximum absolute atomic E-state index is 12.2. The minimum absolute atomic E-state index is 0.256. The van der Waals surface area contributed by atoms with E-state index in [1.807, 2.05) is 0 Å². The summed E-state index contributed by atoms with van der Waals surface area (Å²) in [6, 6.07) is -1.01. The van der Waals surface area contributed by atoms with E-state index < -0.39 is 12.0 Å². The summed E-state index contributed by atoms with van der Waals surface area (Å²) in [5.41, 5.74) is 0. The second-order valence-corrected chi connectivity index (χ2v) is 5.76. The largest absolute Gasteiger partial charge is 0.480 e. The average Bonchev–Trinajstić information content (AvgIpc) is 2.60. The number of hydrogen-bond donors (Lipinski definition) is 1. The van der Waals surface area contributed by atoms with Crippen LogP contribution < -0.4 is 0 Å². The molecule has 0 aromatic carbocycles. The highest BCUT2D eigenvalue weighted by molar-refractivity contribution is 7.98. The number of carboxylic acid groups (broad SMARTS) is 1. The van der Waals surface area contributed by atoms with Crippen LogP contribution in [0, 0.1) is 11.8 Å². The van der Waals surface area contributed by atoms with Crippen molar-refractivity contribution in [2.45, 2.75) is 31.7 Å². The smallest absolute Gasteiger partial charge is 0.327 e. The van der Waals surface area contributed by atoms with Crippen molar-refractivity contribution in [1.29, 1.82) is 0 Å². The molecular weight excluding hydrogens is 254 g/mol. The molecule has 1 N–H and O–H groups in total. The normalized spacial score (nSPS) is 29.3. The van der Waals surface area contributed by atoms with Gasteiger partial charge in [-0.3, -0.25) is 14.5 Å². The Hall–Kier alpha value is -1.04. The van der Waals surface area contributed by atoms with Crippen molar-refractivity contribution in [2.75, 3.05) is 12.0 Å². The van der Waals surface area contributed by atoms with Crippen molar-refractivity contribution in [3.05, 3.63) is 0 Å². The minimum Gasteiger partial charge on any atom is -0.480 e. The zero-order chi connectivity index (χ0) is 13.3. The van der Waals surface area contributed by atoms with Crippen LogP contribution in [0.5, 0.6) is 0 Å². The second-order valence-electron chi connectivity index (χ2n) is 4.85. The summed E-state index contributed by atoms with van der Waals surface area (Å²) >= 11 is 1.34. The summed E-state index contributed by atoms with van der Waals surface area (Å²) in [7, 11) is 0. The van der Waals surface area contributed by atoms with E-state index in [4.69, 9.17) is 0 Å². The third-order valence-corrected chi connectivity index (χ3v) is 4.45. The van der Waals surface area contributed by atoms with Gasteiger partial charge < -0.3 is 5.11 Å². The lowest BCUT2D eigenvalue weighted by molar-refractivity contribution is -0.154. The van der Waals surface area contributed by atoms with E-state index >= 15 is 0 Å². The van der Waals surface area contributed by atoms with Crippen molar-refractivity contribution in [2.24, 2.45) is 11.8 Å². The van der Waals surface area contributed by atoms with Gasteiger partial charge in [0.05, 0.1) is 11.8 Å². The minimum atomic E-state index is -1.09. The van der Waals surface area contributed by atoms with Gasteiger partial charge in [0, 0.05) is 5.75 Å². The van der Waals surface area contributed by atoms with E-state index in [0.717, 1.165) is 30.6 Å². The first kappa shape index (κ1) is 13.4. The van der Waals surface area contributed by atoms with Gasteiger partial charge in [0.2, 0.25) is 11.8 Å². The molecule has 5 nitrogen and oxygen atoms in total. The molecule has 18 heavy (non-hydrogen) atoms. The molecule has 1 aliphatic heterocycles. The predicted molar refractivity (Wildman–Crippen MR) is 67.1 cm³/mol. The highest BCUT2D eigenvalue weighted by Gasteiger charge is 2.51. The van der Waals surface area contributed by atoms with Gasteiger partial charge in [-0.25, -0.2) is 4.79 Å². The molecule has 3 atom stereocenters. The number of likely N-dealkylation sites (tertiary alicyclic amines) is 1. The lowest BCUT2D eigenvalue weighted by Gasteiger charge is -2.22. The number of fused-ring (bicyclic) bond motifs is 1. The summed E-state index contributed by atoms with van der Waals surface area (Å²) in [5, 5.41) is 9.17. The molecule has 2 aliphatic rings. The highest BCUT2D eigenvalue weighted by Crippen LogP contribution is 2.39. The van der Waals surface area contributed by atoms with Crippen LogP contribution in [-0.4, -0.2) is 45.8 Å². The number of thioether (sulfide) groups is 1. The quantitative estimate of drug-likeness (QED) is 0.771. The molecule has 0 aromatic rings. The molecule has 2 amide bonds. The zero-order valence-electron chi connectivity index (χ0n) is 10.3. The van der Waals surface area contributed by atoms with Crippen LogP contribution in [0.3, 0.4) is 0 Å². The van der Waals surface area contributed by atoms with Crippen LogP contribution in [-0.2, 0) is 14.4 Å². The molecule has 1 heterocycles. The zero-order valence-corrected chi connectivity index (χ0v) is 11.1. The van der Waals surface area contributed by atoms with Crippen molar-refractivity contribution < 1.29 is 19.5 Å². The van der Waals surface area contributed by atoms with Gasteiger partial charge in [-0.15, -0.1) is 0 Å². The summed E-state index contributed by atoms with van der Waals surface area (Å²) < 4.78 is 0. The molecule has 1 aliphatic carbocycles. The van der Waals surface area contributed by atoms with Crippen LogP contribution in [0.4, 0.5) is 0 Å². The Balaban J connectivity index is 2.24. The third-order valence-electron chi connectivity index (χ3n) is 3.80. The molecule has 0 radical (unpaired) electrons. The van der Waals surface area contributed by atoms with Gasteiger partial charge in [-0.1, -0.05) is 12.8 Å². The maximum Gasteiger partial charge on any atom is 0.327 e. The number of imide groups is 1. The molecular formula is C12H17NO4S. The van der Waals surface area contributed by atoms with Gasteiger partial charge in [-0.05, 0) is 19.1 Å². The van der Waals surface area contributed by atoms with E-state index in [2.05, 4.69) is 0 Å². The monoisotopic (exact) mass is 271 g/mol. The number of aliphatic carboxylic acids is 1. The van der Waals surface area contributed by atoms with Crippen LogP contribution in [0.1, 0.15) is 25.7 Å². The van der Waals surface area contributed by atoms with Crippen molar-refractivity contribution in [3.63, 3.8) is 0 Å². The molecule has 0 bridgehead atoms. The fraction of sp³-hybridized carbons (Fsp3) is 0.750. The summed E-state index contributed by atoms with van der Waals surface area (Å²) in [5.74, 6) is -1.92. The first-order valence-electron chi connectivity index (χ1n) is 6.16. The number of carboxylic acids is 1. The van der Waals surface area contributed by atoms with E-state index in [0.29, 0.717) is 0 Å². The average molecular weight is 271 g/mol. The molecule has 0 unspecified atom stereocenters. The van der Waals surface area contributed by atoms with Crippen LogP contribution >= 0.6 is 11.8 Å². The highest BCUT2D eigenvalue weighted by atomic mass is 32.2. The summed E-state index contributed by atoms with van der Waals surface area (Å²) in [4.78, 5) is 36.6. The second kappa shape index (κ2) is 5.30. The fourth-order valence-corrected chi connectivity index (χ4v) is 3.52. The molecule has 2 fully saturated rings. The van der Waals surface area contributed by atoms with Gasteiger partial charge in [0.25, 0.3) is 0 Å². The third kappa shape index (κ3) is 2.13. The van der Waals surface area contributed by atoms with Crippen LogP contribution in [0.2, 0.25) is 0 Å². The molecule has 0 spiro atoms. The van der Waals surface area contributed by atoms with E-state index in [9.17, 15) is 19.5 Å². The molecule has 100 valence electrons. The number of nitrogens with zero attached hydrogens (tertiary/aromatic N) is 1. The van der Waals surface area contributed by atoms with Crippen LogP contribution in [0.25, 0.3) is 0 Å². The predicted octanol–water partition coefficient (Wildman–Crippen LogP) is 0.978. The number of carbonyl (C=O) groups is 3. The van der Waals surface area contributed by atoms with Crippen molar-refractivity contribution in [3.8, 4) is 0 Å². The fourth-order valence-electron chi connectivity index (χ4n) is 2.91. The summed E-state index contributed by atoms with van der Waals surface area (Å²) in [6.45, 7) is 0. The Morgan fingerprint density at radius 1 is 1.33 bits per heavy atom. The van der Waals surface area contributed by atoms with E-state index in [1.165, 1.54) is 11.8 Å². The lowest BCUT2D eigenvalue weighted by Crippen LogP contribution is -2.47. The first-order valence-corrected chi connectivity index (χ1v) is 7.56. The number of hydrogen-bond acceptors (Lipinski definition) is 4. The topological polar surface area (TPSA) is 74.7 Å². The number of rotatable bonds is 4. The lowest BCUT2D eigenvalue weighted by atomic mass is 9.81. The Bertz CT molecular complexity index is 360. The molecule has 0 aromatic heterocycles. The Morgan fingerprint density at radius 3 is 2.22 bits per heavy atom. The Kier molecular flexibility index (Phi) is 3.94.